The van der Waals surface area contributed by atoms with Crippen LogP contribution in [0.15, 0.2) is 59.5 Å². The Morgan fingerprint density at radius 2 is 1.78 bits per heavy atom. The molecule has 0 aromatic heterocycles. The number of sulfone groups is 1. The summed E-state index contributed by atoms with van der Waals surface area (Å²) in [4.78, 5) is 11.6. The van der Waals surface area contributed by atoms with Crippen molar-refractivity contribution in [2.24, 2.45) is 5.73 Å². The fraction of sp³-hybridized carbons (Fsp3) is 0.188. The molecule has 2 aromatic rings. The largest absolute Gasteiger partial charge is 0.480 e. The highest BCUT2D eigenvalue weighted by atomic mass is 32.2. The van der Waals surface area contributed by atoms with E-state index in [2.05, 4.69) is 0 Å². The van der Waals surface area contributed by atoms with Gasteiger partial charge in [-0.15, -0.1) is 0 Å². The molecule has 1 aliphatic rings. The molecular weight excluding hydrogens is 321 g/mol. The summed E-state index contributed by atoms with van der Waals surface area (Å²) in [7, 11) is -3.96. The molecule has 0 spiro atoms. The molecule has 23 heavy (non-hydrogen) atoms. The summed E-state index contributed by atoms with van der Waals surface area (Å²) in [6.45, 7) is 0. The fourth-order valence-corrected chi connectivity index (χ4v) is 5.22. The van der Waals surface area contributed by atoms with Crippen LogP contribution in [0.3, 0.4) is 0 Å². The first-order valence-electron chi connectivity index (χ1n) is 6.86. The van der Waals surface area contributed by atoms with Gasteiger partial charge in [-0.1, -0.05) is 30.3 Å². The van der Waals surface area contributed by atoms with E-state index in [0.29, 0.717) is 0 Å². The van der Waals surface area contributed by atoms with Gasteiger partial charge in [0.05, 0.1) is 4.90 Å². The molecule has 0 heterocycles. The van der Waals surface area contributed by atoms with E-state index in [-0.39, 0.29) is 10.5 Å². The zero-order valence-corrected chi connectivity index (χ0v) is 12.7. The normalized spacial score (nSPS) is 26.7. The van der Waals surface area contributed by atoms with Crippen molar-refractivity contribution in [1.29, 1.82) is 0 Å². The Bertz CT molecular complexity index is 869. The minimum absolute atomic E-state index is 0.0000203. The molecule has 120 valence electrons. The number of carboxylic acids is 1. The van der Waals surface area contributed by atoms with Gasteiger partial charge in [-0.2, -0.15) is 0 Å². The Morgan fingerprint density at radius 3 is 2.35 bits per heavy atom. The molecule has 2 aromatic carbocycles. The predicted molar refractivity (Wildman–Crippen MR) is 81.1 cm³/mol. The Morgan fingerprint density at radius 1 is 1.13 bits per heavy atom. The van der Waals surface area contributed by atoms with Crippen LogP contribution in [0.25, 0.3) is 0 Å². The second-order valence-corrected chi connectivity index (χ2v) is 7.62. The van der Waals surface area contributed by atoms with Gasteiger partial charge < -0.3 is 10.8 Å². The molecule has 3 N–H and O–H groups in total. The molecular formula is C16H14FNO4S. The molecule has 0 aliphatic heterocycles. The number of hydrogen-bond acceptors (Lipinski definition) is 4. The lowest BCUT2D eigenvalue weighted by Crippen LogP contribution is -2.39. The second-order valence-electron chi connectivity index (χ2n) is 5.55. The van der Waals surface area contributed by atoms with Crippen LogP contribution in [-0.4, -0.2) is 30.3 Å². The molecule has 0 bridgehead atoms. The van der Waals surface area contributed by atoms with Crippen molar-refractivity contribution in [2.45, 2.75) is 21.6 Å². The maximum atomic E-state index is 13.4. The lowest BCUT2D eigenvalue weighted by molar-refractivity contribution is -0.139. The molecule has 1 aliphatic carbocycles. The van der Waals surface area contributed by atoms with Crippen molar-refractivity contribution < 1.29 is 22.7 Å². The van der Waals surface area contributed by atoms with Crippen LogP contribution in [0, 0.1) is 5.82 Å². The average molecular weight is 335 g/mol. The Labute approximate surface area is 132 Å². The van der Waals surface area contributed by atoms with E-state index in [1.165, 1.54) is 30.3 Å². The molecule has 0 radical (unpaired) electrons. The number of aliphatic carboxylic acids is 1. The van der Waals surface area contributed by atoms with Crippen molar-refractivity contribution >= 4 is 15.8 Å². The molecule has 3 rings (SSSR count). The van der Waals surface area contributed by atoms with Crippen molar-refractivity contribution in [2.75, 3.05) is 0 Å². The quantitative estimate of drug-likeness (QED) is 0.883. The minimum Gasteiger partial charge on any atom is -0.480 e. The van der Waals surface area contributed by atoms with Crippen LogP contribution in [0.4, 0.5) is 4.39 Å². The summed E-state index contributed by atoms with van der Waals surface area (Å²) < 4.78 is 38.9. The Balaban J connectivity index is 2.09. The van der Waals surface area contributed by atoms with Gasteiger partial charge in [0, 0.05) is 5.92 Å². The van der Waals surface area contributed by atoms with Crippen LogP contribution in [0.2, 0.25) is 0 Å². The first-order chi connectivity index (χ1) is 10.8. The third kappa shape index (κ3) is 2.32. The summed E-state index contributed by atoms with van der Waals surface area (Å²) in [5, 5.41) is 8.07. The minimum atomic E-state index is -3.96. The summed E-state index contributed by atoms with van der Waals surface area (Å²) in [5.41, 5.74) is 4.18. The van der Waals surface area contributed by atoms with E-state index in [9.17, 15) is 22.7 Å². The third-order valence-electron chi connectivity index (χ3n) is 4.16. The van der Waals surface area contributed by atoms with Crippen LogP contribution in [-0.2, 0) is 14.6 Å². The highest BCUT2D eigenvalue weighted by molar-refractivity contribution is 7.92. The van der Waals surface area contributed by atoms with Crippen LogP contribution < -0.4 is 5.73 Å². The second kappa shape index (κ2) is 5.14. The van der Waals surface area contributed by atoms with Gasteiger partial charge in [0.1, 0.15) is 16.6 Å². The third-order valence-corrected chi connectivity index (χ3v) is 6.42. The van der Waals surface area contributed by atoms with Gasteiger partial charge >= 0.3 is 5.97 Å². The average Bonchev–Trinajstić information content (AvgIpc) is 3.17. The van der Waals surface area contributed by atoms with E-state index in [1.54, 1.807) is 18.2 Å². The number of benzene rings is 2. The lowest BCUT2D eigenvalue weighted by atomic mass is 10.1. The zero-order chi connectivity index (χ0) is 16.8. The Hall–Kier alpha value is -2.25. The van der Waals surface area contributed by atoms with Gasteiger partial charge in [0.25, 0.3) is 0 Å². The van der Waals surface area contributed by atoms with Gasteiger partial charge in [0.15, 0.2) is 9.84 Å². The SMILES string of the molecule is NC1(C(=O)O)C(c2cccc(F)c2)C1S(=O)(=O)c1ccccc1. The molecule has 3 unspecified atom stereocenters. The Kier molecular flexibility index (Phi) is 3.50. The van der Waals surface area contributed by atoms with Crippen molar-refractivity contribution in [3.63, 3.8) is 0 Å². The summed E-state index contributed by atoms with van der Waals surface area (Å²) in [6.07, 6.45) is 0. The summed E-state index contributed by atoms with van der Waals surface area (Å²) >= 11 is 0. The smallest absolute Gasteiger partial charge is 0.325 e. The maximum absolute atomic E-state index is 13.4. The molecule has 0 amide bonds. The number of halogens is 1. The van der Waals surface area contributed by atoms with E-state index >= 15 is 0 Å². The van der Waals surface area contributed by atoms with Crippen LogP contribution in [0.5, 0.6) is 0 Å². The molecule has 3 atom stereocenters. The van der Waals surface area contributed by atoms with Gasteiger partial charge in [-0.25, -0.2) is 12.8 Å². The monoisotopic (exact) mass is 335 g/mol. The number of rotatable bonds is 4. The lowest BCUT2D eigenvalue weighted by Gasteiger charge is -2.06. The fourth-order valence-electron chi connectivity index (χ4n) is 2.97. The van der Waals surface area contributed by atoms with E-state index < -0.39 is 38.3 Å². The zero-order valence-electron chi connectivity index (χ0n) is 11.9. The van der Waals surface area contributed by atoms with Gasteiger partial charge in [-0.05, 0) is 29.8 Å². The predicted octanol–water partition coefficient (Wildman–Crippen LogP) is 1.55. The topological polar surface area (TPSA) is 97.5 Å². The standard InChI is InChI=1S/C16H14FNO4S/c17-11-6-4-5-10(9-11)13-14(16(13,18)15(19)20)23(21,22)12-7-2-1-3-8-12/h1-9,13-14H,18H2,(H,19,20). The maximum Gasteiger partial charge on any atom is 0.325 e. The van der Waals surface area contributed by atoms with Gasteiger partial charge in [0.2, 0.25) is 0 Å². The van der Waals surface area contributed by atoms with Gasteiger partial charge in [-0.3, -0.25) is 4.79 Å². The van der Waals surface area contributed by atoms with Crippen molar-refractivity contribution in [1.82, 2.24) is 0 Å². The van der Waals surface area contributed by atoms with E-state index in [1.807, 2.05) is 0 Å². The van der Waals surface area contributed by atoms with Crippen molar-refractivity contribution in [3.05, 3.63) is 66.0 Å². The number of hydrogen-bond donors (Lipinski definition) is 2. The van der Waals surface area contributed by atoms with E-state index in [0.717, 1.165) is 6.07 Å². The molecule has 1 fully saturated rings. The number of carboxylic acid groups (broad SMARTS) is 1. The highest BCUT2D eigenvalue weighted by Crippen LogP contribution is 2.55. The van der Waals surface area contributed by atoms with Crippen molar-refractivity contribution in [3.8, 4) is 0 Å². The molecule has 5 nitrogen and oxygen atoms in total. The first kappa shape index (κ1) is 15.6. The molecule has 0 saturated heterocycles. The molecule has 7 heteroatoms. The van der Waals surface area contributed by atoms with Crippen LogP contribution >= 0.6 is 0 Å². The summed E-state index contributed by atoms with van der Waals surface area (Å²) in [6, 6.07) is 12.7. The number of nitrogens with two attached hydrogens (primary N) is 1. The number of carbonyl (C=O) groups is 1. The first-order valence-corrected chi connectivity index (χ1v) is 8.41. The van der Waals surface area contributed by atoms with E-state index in [4.69, 9.17) is 5.73 Å². The van der Waals surface area contributed by atoms with Crippen LogP contribution in [0.1, 0.15) is 11.5 Å². The highest BCUT2D eigenvalue weighted by Gasteiger charge is 2.74. The summed E-state index contributed by atoms with van der Waals surface area (Å²) in [5.74, 6) is -2.99. The molecule has 1 saturated carbocycles.